The third kappa shape index (κ3) is 5.37. The minimum atomic E-state index is 0.101. The van der Waals surface area contributed by atoms with Crippen LogP contribution in [0.5, 0.6) is 0 Å². The molecule has 0 unspecified atom stereocenters. The van der Waals surface area contributed by atoms with Crippen LogP contribution in [0.2, 0.25) is 0 Å². The first-order valence-corrected chi connectivity index (χ1v) is 10.9. The molecule has 1 fully saturated rings. The van der Waals surface area contributed by atoms with Crippen molar-refractivity contribution < 1.29 is 4.79 Å². The molecule has 0 radical (unpaired) electrons. The molecular weight excluding hydrogens is 368 g/mol. The van der Waals surface area contributed by atoms with E-state index in [1.54, 1.807) is 0 Å². The van der Waals surface area contributed by atoms with E-state index in [0.29, 0.717) is 6.42 Å². The minimum Gasteiger partial charge on any atom is -0.341 e. The van der Waals surface area contributed by atoms with Crippen molar-refractivity contribution in [1.82, 2.24) is 9.80 Å². The molecule has 3 heteroatoms. The monoisotopic (exact) mass is 398 g/mol. The zero-order valence-corrected chi connectivity index (χ0v) is 17.5. The van der Waals surface area contributed by atoms with E-state index in [-0.39, 0.29) is 11.8 Å². The van der Waals surface area contributed by atoms with Crippen molar-refractivity contribution in [2.45, 2.75) is 25.3 Å². The van der Waals surface area contributed by atoms with Gasteiger partial charge in [-0.2, -0.15) is 0 Å². The average Bonchev–Trinajstić information content (AvgIpc) is 3.05. The fraction of sp³-hybridized carbons (Fsp3) is 0.296. The van der Waals surface area contributed by atoms with Gasteiger partial charge in [-0.15, -0.1) is 0 Å². The van der Waals surface area contributed by atoms with Gasteiger partial charge in [-0.3, -0.25) is 9.69 Å². The number of rotatable bonds is 6. The van der Waals surface area contributed by atoms with Crippen molar-refractivity contribution >= 4 is 5.91 Å². The van der Waals surface area contributed by atoms with Gasteiger partial charge in [0.1, 0.15) is 0 Å². The molecule has 1 heterocycles. The Morgan fingerprint density at radius 1 is 0.700 bits per heavy atom. The number of benzene rings is 3. The lowest BCUT2D eigenvalue weighted by Crippen LogP contribution is -2.35. The fourth-order valence-corrected chi connectivity index (χ4v) is 4.32. The molecule has 30 heavy (non-hydrogen) atoms. The van der Waals surface area contributed by atoms with Crippen molar-refractivity contribution in [2.75, 3.05) is 26.2 Å². The maximum absolute atomic E-state index is 13.3. The predicted molar refractivity (Wildman–Crippen MR) is 122 cm³/mol. The summed E-state index contributed by atoms with van der Waals surface area (Å²) >= 11 is 0. The SMILES string of the molecule is O=C(CC(c1ccccc1)c1ccccc1)N1CCCN(Cc2ccccc2)CC1. The van der Waals surface area contributed by atoms with Crippen molar-refractivity contribution in [3.63, 3.8) is 0 Å². The summed E-state index contributed by atoms with van der Waals surface area (Å²) < 4.78 is 0. The van der Waals surface area contributed by atoms with Gasteiger partial charge in [0, 0.05) is 45.1 Å². The van der Waals surface area contributed by atoms with Gasteiger partial charge in [-0.25, -0.2) is 0 Å². The Morgan fingerprint density at radius 3 is 1.87 bits per heavy atom. The second-order valence-corrected chi connectivity index (χ2v) is 8.07. The van der Waals surface area contributed by atoms with Crippen LogP contribution in [-0.2, 0) is 11.3 Å². The molecule has 154 valence electrons. The van der Waals surface area contributed by atoms with Crippen LogP contribution in [0.3, 0.4) is 0 Å². The number of carbonyl (C=O) groups excluding carboxylic acids is 1. The molecule has 3 aromatic rings. The topological polar surface area (TPSA) is 23.6 Å². The predicted octanol–water partition coefficient (Wildman–Crippen LogP) is 4.94. The van der Waals surface area contributed by atoms with E-state index in [2.05, 4.69) is 88.7 Å². The third-order valence-electron chi connectivity index (χ3n) is 5.97. The largest absolute Gasteiger partial charge is 0.341 e. The maximum Gasteiger partial charge on any atom is 0.223 e. The molecule has 0 atom stereocenters. The first-order chi connectivity index (χ1) is 14.8. The van der Waals surface area contributed by atoms with Crippen molar-refractivity contribution in [3.8, 4) is 0 Å². The first kappa shape index (κ1) is 20.4. The van der Waals surface area contributed by atoms with Crippen LogP contribution in [-0.4, -0.2) is 41.9 Å². The molecule has 1 aliphatic rings. The number of carbonyl (C=O) groups is 1. The summed E-state index contributed by atoms with van der Waals surface area (Å²) in [4.78, 5) is 17.8. The second-order valence-electron chi connectivity index (χ2n) is 8.07. The van der Waals surface area contributed by atoms with Crippen LogP contribution in [0, 0.1) is 0 Å². The van der Waals surface area contributed by atoms with E-state index >= 15 is 0 Å². The lowest BCUT2D eigenvalue weighted by atomic mass is 9.88. The molecule has 0 spiro atoms. The normalized spacial score (nSPS) is 15.2. The highest BCUT2D eigenvalue weighted by Gasteiger charge is 2.24. The Bertz CT molecular complexity index is 872. The van der Waals surface area contributed by atoms with Crippen LogP contribution < -0.4 is 0 Å². The van der Waals surface area contributed by atoms with Crippen molar-refractivity contribution in [1.29, 1.82) is 0 Å². The first-order valence-electron chi connectivity index (χ1n) is 10.9. The van der Waals surface area contributed by atoms with E-state index in [4.69, 9.17) is 0 Å². The van der Waals surface area contributed by atoms with E-state index in [1.165, 1.54) is 16.7 Å². The van der Waals surface area contributed by atoms with Crippen LogP contribution in [0.1, 0.15) is 35.4 Å². The Balaban J connectivity index is 1.41. The summed E-state index contributed by atoms with van der Waals surface area (Å²) in [6.45, 7) is 4.59. The number of hydrogen-bond acceptors (Lipinski definition) is 2. The fourth-order valence-electron chi connectivity index (χ4n) is 4.32. The lowest BCUT2D eigenvalue weighted by molar-refractivity contribution is -0.131. The highest BCUT2D eigenvalue weighted by atomic mass is 16.2. The van der Waals surface area contributed by atoms with Gasteiger partial charge in [-0.1, -0.05) is 91.0 Å². The molecule has 0 aromatic heterocycles. The minimum absolute atomic E-state index is 0.101. The van der Waals surface area contributed by atoms with Crippen LogP contribution in [0.25, 0.3) is 0 Å². The molecular formula is C27H30N2O. The van der Waals surface area contributed by atoms with Gasteiger partial charge in [0.2, 0.25) is 5.91 Å². The van der Waals surface area contributed by atoms with Gasteiger partial charge in [-0.05, 0) is 23.1 Å². The van der Waals surface area contributed by atoms with E-state index in [0.717, 1.165) is 39.1 Å². The Morgan fingerprint density at radius 2 is 1.27 bits per heavy atom. The van der Waals surface area contributed by atoms with Gasteiger partial charge >= 0.3 is 0 Å². The molecule has 1 saturated heterocycles. The highest BCUT2D eigenvalue weighted by Crippen LogP contribution is 2.28. The molecule has 3 aromatic carbocycles. The number of nitrogens with zero attached hydrogens (tertiary/aromatic N) is 2. The van der Waals surface area contributed by atoms with Crippen molar-refractivity contribution in [3.05, 3.63) is 108 Å². The summed E-state index contributed by atoms with van der Waals surface area (Å²) in [5, 5.41) is 0. The Hall–Kier alpha value is -2.91. The number of amides is 1. The van der Waals surface area contributed by atoms with E-state index in [9.17, 15) is 4.79 Å². The summed E-state index contributed by atoms with van der Waals surface area (Å²) in [6.07, 6.45) is 1.55. The molecule has 0 aliphatic carbocycles. The van der Waals surface area contributed by atoms with E-state index in [1.807, 2.05) is 12.1 Å². The van der Waals surface area contributed by atoms with Crippen LogP contribution in [0.4, 0.5) is 0 Å². The molecule has 0 N–H and O–H groups in total. The van der Waals surface area contributed by atoms with Crippen molar-refractivity contribution in [2.24, 2.45) is 0 Å². The Labute approximate surface area is 180 Å². The smallest absolute Gasteiger partial charge is 0.223 e. The Kier molecular flexibility index (Phi) is 6.94. The zero-order chi connectivity index (χ0) is 20.6. The molecule has 1 amide bonds. The standard InChI is InChI=1S/C27H30N2O/c30-27(21-26(24-13-6-2-7-14-24)25-15-8-3-9-16-25)29-18-10-17-28(19-20-29)22-23-11-4-1-5-12-23/h1-9,11-16,26H,10,17-22H2. The quantitative estimate of drug-likeness (QED) is 0.587. The maximum atomic E-state index is 13.3. The average molecular weight is 399 g/mol. The summed E-state index contributed by atoms with van der Waals surface area (Å²) in [5.74, 6) is 0.359. The van der Waals surface area contributed by atoms with Gasteiger partial charge in [0.05, 0.1) is 0 Å². The zero-order valence-electron chi connectivity index (χ0n) is 17.5. The summed E-state index contributed by atoms with van der Waals surface area (Å²) in [5.41, 5.74) is 3.75. The van der Waals surface area contributed by atoms with Gasteiger partial charge in [0.25, 0.3) is 0 Å². The molecule has 0 bridgehead atoms. The van der Waals surface area contributed by atoms with E-state index < -0.39 is 0 Å². The number of hydrogen-bond donors (Lipinski definition) is 0. The van der Waals surface area contributed by atoms with Gasteiger partial charge < -0.3 is 4.90 Å². The van der Waals surface area contributed by atoms with Crippen LogP contribution >= 0.6 is 0 Å². The van der Waals surface area contributed by atoms with Gasteiger partial charge in [0.15, 0.2) is 0 Å². The summed E-state index contributed by atoms with van der Waals surface area (Å²) in [6, 6.07) is 31.4. The molecule has 4 rings (SSSR count). The lowest BCUT2D eigenvalue weighted by Gasteiger charge is -2.25. The summed E-state index contributed by atoms with van der Waals surface area (Å²) in [7, 11) is 0. The third-order valence-corrected chi connectivity index (χ3v) is 5.97. The molecule has 3 nitrogen and oxygen atoms in total. The second kappa shape index (κ2) is 10.2. The highest BCUT2D eigenvalue weighted by molar-refractivity contribution is 5.78. The molecule has 1 aliphatic heterocycles. The van der Waals surface area contributed by atoms with Crippen LogP contribution in [0.15, 0.2) is 91.0 Å². The molecule has 0 saturated carbocycles.